The van der Waals surface area contributed by atoms with Crippen molar-refractivity contribution in [2.75, 3.05) is 0 Å². The average Bonchev–Trinajstić information content (AvgIpc) is 3.05. The number of imide groups is 1. The zero-order valence-electron chi connectivity index (χ0n) is 15.7. The molecule has 0 unspecified atom stereocenters. The number of amides is 3. The molecule has 3 N–H and O–H groups in total. The van der Waals surface area contributed by atoms with Gasteiger partial charge in [0, 0.05) is 22.0 Å². The molecule has 0 aliphatic heterocycles. The number of hydrogen-bond donors (Lipinski definition) is 2. The third-order valence-electron chi connectivity index (χ3n) is 4.80. The zero-order valence-corrected chi connectivity index (χ0v) is 16.6. The summed E-state index contributed by atoms with van der Waals surface area (Å²) in [7, 11) is 0. The van der Waals surface area contributed by atoms with Crippen LogP contribution in [0.15, 0.2) is 28.7 Å². The van der Waals surface area contributed by atoms with Crippen molar-refractivity contribution in [3.05, 3.63) is 35.6 Å². The molecule has 0 bridgehead atoms. The average molecular weight is 404 g/mol. The molecule has 0 spiro atoms. The number of furan rings is 1. The number of carbonyl (C=O) groups is 3. The van der Waals surface area contributed by atoms with Crippen LogP contribution in [0.5, 0.6) is 0 Å². The second-order valence-corrected chi connectivity index (χ2v) is 8.17. The van der Waals surface area contributed by atoms with Gasteiger partial charge in [-0.15, -0.1) is 0 Å². The molecule has 0 saturated heterocycles. The molecule has 1 aliphatic rings. The number of ether oxygens (including phenoxy) is 1. The Morgan fingerprint density at radius 2 is 1.96 bits per heavy atom. The minimum Gasteiger partial charge on any atom is -0.449 e. The highest BCUT2D eigenvalue weighted by molar-refractivity contribution is 7.99. The third-order valence-corrected chi connectivity index (χ3v) is 6.20. The first-order valence-electron chi connectivity index (χ1n) is 9.39. The molecule has 2 aromatic rings. The number of hydrogen-bond acceptors (Lipinski definition) is 6. The van der Waals surface area contributed by atoms with Crippen molar-refractivity contribution in [2.24, 2.45) is 5.73 Å². The molecule has 1 atom stereocenters. The van der Waals surface area contributed by atoms with Crippen molar-refractivity contribution in [3.8, 4) is 0 Å². The number of para-hydroxylation sites is 1. The van der Waals surface area contributed by atoms with Crippen molar-refractivity contribution in [3.63, 3.8) is 0 Å². The lowest BCUT2D eigenvalue weighted by Gasteiger charge is -2.20. The van der Waals surface area contributed by atoms with E-state index >= 15 is 0 Å². The van der Waals surface area contributed by atoms with Gasteiger partial charge in [-0.2, -0.15) is 11.8 Å². The molecule has 8 heteroatoms. The smallest absolute Gasteiger partial charge is 0.375 e. The van der Waals surface area contributed by atoms with Crippen LogP contribution in [0.2, 0.25) is 0 Å². The van der Waals surface area contributed by atoms with Gasteiger partial charge < -0.3 is 14.9 Å². The van der Waals surface area contributed by atoms with Gasteiger partial charge in [-0.1, -0.05) is 37.5 Å². The Balaban J connectivity index is 1.78. The Labute approximate surface area is 167 Å². The van der Waals surface area contributed by atoms with Gasteiger partial charge >= 0.3 is 12.0 Å². The lowest BCUT2D eigenvalue weighted by molar-refractivity contribution is -0.127. The van der Waals surface area contributed by atoms with Crippen LogP contribution in [0.3, 0.4) is 0 Å². The topological polar surface area (TPSA) is 112 Å². The summed E-state index contributed by atoms with van der Waals surface area (Å²) < 4.78 is 11.0. The van der Waals surface area contributed by atoms with Gasteiger partial charge in [-0.05, 0) is 25.8 Å². The first-order valence-corrected chi connectivity index (χ1v) is 10.4. The lowest BCUT2D eigenvalue weighted by Crippen LogP contribution is -2.42. The number of primary amides is 1. The molecule has 1 aliphatic carbocycles. The fourth-order valence-electron chi connectivity index (χ4n) is 3.33. The van der Waals surface area contributed by atoms with Crippen LogP contribution < -0.4 is 11.1 Å². The van der Waals surface area contributed by atoms with Gasteiger partial charge in [-0.25, -0.2) is 9.59 Å². The van der Waals surface area contributed by atoms with Crippen LogP contribution in [-0.4, -0.2) is 29.3 Å². The van der Waals surface area contributed by atoms with Gasteiger partial charge in [-0.3, -0.25) is 10.1 Å². The summed E-state index contributed by atoms with van der Waals surface area (Å²) >= 11 is 1.83. The number of benzene rings is 1. The van der Waals surface area contributed by atoms with Crippen molar-refractivity contribution in [2.45, 2.75) is 56.1 Å². The molecule has 28 heavy (non-hydrogen) atoms. The summed E-state index contributed by atoms with van der Waals surface area (Å²) in [5.74, 6) is -0.783. The summed E-state index contributed by atoms with van der Waals surface area (Å²) in [6, 6.07) is 6.44. The van der Waals surface area contributed by atoms with Crippen molar-refractivity contribution >= 4 is 40.6 Å². The first kappa shape index (κ1) is 20.3. The Hall–Kier alpha value is -2.48. The summed E-state index contributed by atoms with van der Waals surface area (Å²) in [4.78, 5) is 35.3. The summed E-state index contributed by atoms with van der Waals surface area (Å²) in [6.45, 7) is 1.37. The van der Waals surface area contributed by atoms with Crippen LogP contribution >= 0.6 is 11.8 Å². The molecule has 1 heterocycles. The number of thioether (sulfide) groups is 1. The largest absolute Gasteiger partial charge is 0.449 e. The summed E-state index contributed by atoms with van der Waals surface area (Å²) in [5.41, 5.74) is 6.30. The summed E-state index contributed by atoms with van der Waals surface area (Å²) in [6.07, 6.45) is 4.96. The summed E-state index contributed by atoms with van der Waals surface area (Å²) in [5, 5.41) is 3.34. The normalized spacial score (nSPS) is 15.9. The van der Waals surface area contributed by atoms with Gasteiger partial charge in [0.15, 0.2) is 6.10 Å². The zero-order chi connectivity index (χ0) is 20.1. The molecule has 150 valence electrons. The van der Waals surface area contributed by atoms with Crippen LogP contribution in [0.4, 0.5) is 4.79 Å². The van der Waals surface area contributed by atoms with E-state index in [4.69, 9.17) is 14.9 Å². The quantitative estimate of drug-likeness (QED) is 0.710. The Kier molecular flexibility index (Phi) is 6.61. The molecule has 0 radical (unpaired) electrons. The van der Waals surface area contributed by atoms with Crippen molar-refractivity contribution < 1.29 is 23.5 Å². The number of nitrogens with two attached hydrogens (primary N) is 1. The van der Waals surface area contributed by atoms with Gasteiger partial charge in [0.25, 0.3) is 5.91 Å². The van der Waals surface area contributed by atoms with Crippen LogP contribution in [0, 0.1) is 0 Å². The maximum Gasteiger partial charge on any atom is 0.375 e. The van der Waals surface area contributed by atoms with E-state index in [2.05, 4.69) is 0 Å². The number of carbonyl (C=O) groups excluding carboxylic acids is 3. The number of urea groups is 1. The molecular weight excluding hydrogens is 380 g/mol. The highest BCUT2D eigenvalue weighted by atomic mass is 32.2. The van der Waals surface area contributed by atoms with E-state index in [0.29, 0.717) is 16.6 Å². The minimum absolute atomic E-state index is 0.100. The van der Waals surface area contributed by atoms with Crippen molar-refractivity contribution in [1.29, 1.82) is 0 Å². The highest BCUT2D eigenvalue weighted by Crippen LogP contribution is 2.35. The van der Waals surface area contributed by atoms with Crippen LogP contribution in [0.1, 0.15) is 55.1 Å². The number of esters is 1. The van der Waals surface area contributed by atoms with Crippen molar-refractivity contribution in [1.82, 2.24) is 5.32 Å². The van der Waals surface area contributed by atoms with Gasteiger partial charge in [0.1, 0.15) is 5.58 Å². The molecule has 7 nitrogen and oxygen atoms in total. The van der Waals surface area contributed by atoms with Crippen LogP contribution in [-0.2, 0) is 15.3 Å². The maximum atomic E-state index is 12.7. The first-order chi connectivity index (χ1) is 13.5. The standard InChI is InChI=1S/C20H24N2O5S/c1-12(18(23)22-20(21)25)26-19(24)17-15(11-28-13-7-3-2-4-8-13)14-9-5-6-10-16(14)27-17/h5-6,9-10,12-13H,2-4,7-8,11H2,1H3,(H3,21,22,23,25)/t12-/m1/s1. The monoisotopic (exact) mass is 404 g/mol. The predicted molar refractivity (Wildman–Crippen MR) is 107 cm³/mol. The third kappa shape index (κ3) is 4.86. The molecular formula is C20H24N2O5S. The SMILES string of the molecule is C[C@@H](OC(=O)c1oc2ccccc2c1CSC1CCCCC1)C(=O)NC(N)=O. The van der Waals surface area contributed by atoms with E-state index in [-0.39, 0.29) is 5.76 Å². The minimum atomic E-state index is -1.17. The molecule has 3 rings (SSSR count). The number of rotatable bonds is 6. The fourth-order valence-corrected chi connectivity index (χ4v) is 4.69. The lowest BCUT2D eigenvalue weighted by atomic mass is 10.0. The van der Waals surface area contributed by atoms with Gasteiger partial charge in [0.2, 0.25) is 5.76 Å². The second kappa shape index (κ2) is 9.14. The van der Waals surface area contributed by atoms with Crippen LogP contribution in [0.25, 0.3) is 11.0 Å². The van der Waals surface area contributed by atoms with E-state index < -0.39 is 24.0 Å². The van der Waals surface area contributed by atoms with Gasteiger partial charge in [0.05, 0.1) is 0 Å². The molecule has 1 fully saturated rings. The second-order valence-electron chi connectivity index (χ2n) is 6.88. The van der Waals surface area contributed by atoms with E-state index in [1.165, 1.54) is 39.0 Å². The molecule has 3 amide bonds. The van der Waals surface area contributed by atoms with E-state index in [9.17, 15) is 14.4 Å². The molecule has 1 aromatic heterocycles. The molecule has 1 saturated carbocycles. The molecule has 1 aromatic carbocycles. The van der Waals surface area contributed by atoms with E-state index in [1.807, 2.05) is 35.3 Å². The highest BCUT2D eigenvalue weighted by Gasteiger charge is 2.27. The van der Waals surface area contributed by atoms with E-state index in [1.54, 1.807) is 6.07 Å². The predicted octanol–water partition coefficient (Wildman–Crippen LogP) is 3.74. The Bertz CT molecular complexity index is 873. The fraction of sp³-hybridized carbons (Fsp3) is 0.450. The Morgan fingerprint density at radius 3 is 2.68 bits per heavy atom. The Morgan fingerprint density at radius 1 is 1.25 bits per heavy atom. The van der Waals surface area contributed by atoms with E-state index in [0.717, 1.165) is 10.9 Å². The number of fused-ring (bicyclic) bond motifs is 1. The number of nitrogens with one attached hydrogen (secondary N) is 1. The maximum absolute atomic E-state index is 12.7.